The highest BCUT2D eigenvalue weighted by atomic mass is 19.3. The number of halogens is 4. The van der Waals surface area contributed by atoms with Gasteiger partial charge in [0.25, 0.3) is 12.9 Å². The number of alkyl halides is 4. The van der Waals surface area contributed by atoms with E-state index < -0.39 is 24.0 Å². The Morgan fingerprint density at radius 3 is 2.04 bits per heavy atom. The Morgan fingerprint density at radius 2 is 1.48 bits per heavy atom. The van der Waals surface area contributed by atoms with E-state index in [1.54, 1.807) is 30.3 Å². The SMILES string of the molecule is FC(F)c1cc(C(F)F)c(-c2ccccn2)nc1Nc1ccccn1. The van der Waals surface area contributed by atoms with E-state index in [1.165, 1.54) is 18.5 Å². The lowest BCUT2D eigenvalue weighted by Crippen LogP contribution is -2.06. The third kappa shape index (κ3) is 3.73. The van der Waals surface area contributed by atoms with Gasteiger partial charge in [0, 0.05) is 18.0 Å². The van der Waals surface area contributed by atoms with Crippen molar-refractivity contribution in [1.82, 2.24) is 15.0 Å². The lowest BCUT2D eigenvalue weighted by atomic mass is 10.1. The van der Waals surface area contributed by atoms with Crippen LogP contribution in [0.1, 0.15) is 24.0 Å². The Hall–Kier alpha value is -3.03. The summed E-state index contributed by atoms with van der Waals surface area (Å²) in [4.78, 5) is 12.0. The maximum atomic E-state index is 13.4. The summed E-state index contributed by atoms with van der Waals surface area (Å²) >= 11 is 0. The Morgan fingerprint density at radius 1 is 0.800 bits per heavy atom. The average molecular weight is 348 g/mol. The molecule has 0 fully saturated rings. The summed E-state index contributed by atoms with van der Waals surface area (Å²) in [6, 6.07) is 10.3. The lowest BCUT2D eigenvalue weighted by Gasteiger charge is -2.15. The van der Waals surface area contributed by atoms with E-state index in [0.717, 1.165) is 6.07 Å². The molecule has 25 heavy (non-hydrogen) atoms. The molecular formula is C17H12F4N4. The van der Waals surface area contributed by atoms with Gasteiger partial charge in [-0.15, -0.1) is 0 Å². The van der Waals surface area contributed by atoms with Crippen molar-refractivity contribution in [1.29, 1.82) is 0 Å². The second-order valence-corrected chi connectivity index (χ2v) is 5.02. The van der Waals surface area contributed by atoms with Crippen molar-refractivity contribution in [2.75, 3.05) is 5.32 Å². The van der Waals surface area contributed by atoms with E-state index in [1.807, 2.05) is 0 Å². The Labute approximate surface area is 140 Å². The van der Waals surface area contributed by atoms with Crippen LogP contribution in [-0.4, -0.2) is 15.0 Å². The van der Waals surface area contributed by atoms with E-state index >= 15 is 0 Å². The topological polar surface area (TPSA) is 50.7 Å². The highest BCUT2D eigenvalue weighted by Crippen LogP contribution is 2.36. The third-order valence-corrected chi connectivity index (χ3v) is 3.37. The van der Waals surface area contributed by atoms with Gasteiger partial charge in [0.2, 0.25) is 0 Å². The Balaban J connectivity index is 2.16. The van der Waals surface area contributed by atoms with Crippen LogP contribution in [0.5, 0.6) is 0 Å². The second-order valence-electron chi connectivity index (χ2n) is 5.02. The number of anilines is 2. The van der Waals surface area contributed by atoms with Gasteiger partial charge in [-0.2, -0.15) is 0 Å². The molecule has 3 aromatic rings. The van der Waals surface area contributed by atoms with Gasteiger partial charge in [0.15, 0.2) is 0 Å². The molecule has 3 aromatic heterocycles. The second kappa shape index (κ2) is 7.25. The first-order valence-electron chi connectivity index (χ1n) is 7.27. The highest BCUT2D eigenvalue weighted by molar-refractivity contribution is 5.67. The fourth-order valence-corrected chi connectivity index (χ4v) is 2.24. The molecule has 1 N–H and O–H groups in total. The quantitative estimate of drug-likeness (QED) is 0.647. The summed E-state index contributed by atoms with van der Waals surface area (Å²) in [5.74, 6) is 0.0346. The highest BCUT2D eigenvalue weighted by Gasteiger charge is 2.24. The molecule has 0 unspecified atom stereocenters. The zero-order valence-electron chi connectivity index (χ0n) is 12.7. The zero-order chi connectivity index (χ0) is 17.8. The summed E-state index contributed by atoms with van der Waals surface area (Å²) in [7, 11) is 0. The van der Waals surface area contributed by atoms with Crippen LogP contribution in [0, 0.1) is 0 Å². The van der Waals surface area contributed by atoms with Crippen LogP contribution < -0.4 is 5.32 Å². The molecule has 0 aliphatic rings. The first kappa shape index (κ1) is 16.8. The minimum absolute atomic E-state index is 0.154. The molecule has 0 radical (unpaired) electrons. The molecule has 0 aromatic carbocycles. The van der Waals surface area contributed by atoms with Crippen LogP contribution in [0.15, 0.2) is 54.9 Å². The predicted molar refractivity (Wildman–Crippen MR) is 84.9 cm³/mol. The summed E-state index contributed by atoms with van der Waals surface area (Å²) < 4.78 is 53.4. The van der Waals surface area contributed by atoms with Crippen molar-refractivity contribution in [2.24, 2.45) is 0 Å². The molecule has 4 nitrogen and oxygen atoms in total. The van der Waals surface area contributed by atoms with E-state index in [0.29, 0.717) is 0 Å². The summed E-state index contributed by atoms with van der Waals surface area (Å²) in [5, 5.41) is 2.66. The van der Waals surface area contributed by atoms with Gasteiger partial charge in [-0.05, 0) is 30.3 Å². The van der Waals surface area contributed by atoms with E-state index in [4.69, 9.17) is 0 Å². The molecule has 0 saturated heterocycles. The van der Waals surface area contributed by atoms with Crippen molar-refractivity contribution in [3.63, 3.8) is 0 Å². The fourth-order valence-electron chi connectivity index (χ4n) is 2.24. The molecule has 0 aliphatic carbocycles. The molecule has 3 rings (SSSR count). The van der Waals surface area contributed by atoms with Crippen molar-refractivity contribution in [2.45, 2.75) is 12.9 Å². The van der Waals surface area contributed by atoms with Crippen molar-refractivity contribution < 1.29 is 17.6 Å². The van der Waals surface area contributed by atoms with E-state index in [2.05, 4.69) is 20.3 Å². The largest absolute Gasteiger partial charge is 0.325 e. The predicted octanol–water partition coefficient (Wildman–Crippen LogP) is 5.16. The van der Waals surface area contributed by atoms with Crippen LogP contribution in [-0.2, 0) is 0 Å². The molecule has 0 bridgehead atoms. The van der Waals surface area contributed by atoms with Gasteiger partial charge in [-0.1, -0.05) is 12.1 Å². The lowest BCUT2D eigenvalue weighted by molar-refractivity contribution is 0.144. The minimum Gasteiger partial charge on any atom is -0.325 e. The van der Waals surface area contributed by atoms with Crippen molar-refractivity contribution >= 4 is 11.6 Å². The van der Waals surface area contributed by atoms with Gasteiger partial charge in [0.1, 0.15) is 11.6 Å². The zero-order valence-corrected chi connectivity index (χ0v) is 12.7. The number of nitrogens with one attached hydrogen (secondary N) is 1. The smallest absolute Gasteiger partial charge is 0.267 e. The summed E-state index contributed by atoms with van der Waals surface area (Å²) in [6.07, 6.45) is -3.06. The number of hydrogen-bond acceptors (Lipinski definition) is 4. The monoisotopic (exact) mass is 348 g/mol. The van der Waals surface area contributed by atoms with Crippen molar-refractivity contribution in [3.8, 4) is 11.4 Å². The Kier molecular flexibility index (Phi) is 4.87. The molecule has 0 aliphatic heterocycles. The number of nitrogens with zero attached hydrogens (tertiary/aromatic N) is 3. The number of hydrogen-bond donors (Lipinski definition) is 1. The Bertz CT molecular complexity index is 842. The van der Waals surface area contributed by atoms with Crippen LogP contribution in [0.25, 0.3) is 11.4 Å². The van der Waals surface area contributed by atoms with Crippen molar-refractivity contribution in [3.05, 3.63) is 66.0 Å². The van der Waals surface area contributed by atoms with Gasteiger partial charge in [0.05, 0.1) is 17.0 Å². The molecule has 0 atom stereocenters. The number of rotatable bonds is 5. The average Bonchev–Trinajstić information content (AvgIpc) is 2.62. The standard InChI is InChI=1S/C17H12F4N4/c18-15(19)10-9-11(16(20)21)17(24-13-6-2-4-8-23-13)25-14(10)12-5-1-3-7-22-12/h1-9,15-16H,(H,23,24,25). The first-order chi connectivity index (χ1) is 12.1. The maximum absolute atomic E-state index is 13.4. The van der Waals surface area contributed by atoms with Gasteiger partial charge in [-0.25, -0.2) is 27.5 Å². The van der Waals surface area contributed by atoms with Crippen LogP contribution >= 0.6 is 0 Å². The van der Waals surface area contributed by atoms with Crippen LogP contribution in [0.2, 0.25) is 0 Å². The molecule has 0 saturated carbocycles. The van der Waals surface area contributed by atoms with Gasteiger partial charge in [-0.3, -0.25) is 4.98 Å². The third-order valence-electron chi connectivity index (χ3n) is 3.37. The molecule has 3 heterocycles. The molecule has 0 amide bonds. The summed E-state index contributed by atoms with van der Waals surface area (Å²) in [5.41, 5.74) is -1.21. The van der Waals surface area contributed by atoms with Gasteiger partial charge >= 0.3 is 0 Å². The van der Waals surface area contributed by atoms with Crippen LogP contribution in [0.4, 0.5) is 29.2 Å². The van der Waals surface area contributed by atoms with E-state index in [-0.39, 0.29) is 23.0 Å². The molecule has 0 spiro atoms. The molecule has 128 valence electrons. The molecule has 8 heteroatoms. The fraction of sp³-hybridized carbons (Fsp3) is 0.118. The number of aromatic nitrogens is 3. The first-order valence-corrected chi connectivity index (χ1v) is 7.27. The minimum atomic E-state index is -2.98. The maximum Gasteiger partial charge on any atom is 0.267 e. The van der Waals surface area contributed by atoms with E-state index in [9.17, 15) is 17.6 Å². The normalized spacial score (nSPS) is 11.1. The molecular weight excluding hydrogens is 336 g/mol. The van der Waals surface area contributed by atoms with Crippen LogP contribution in [0.3, 0.4) is 0 Å². The number of pyridine rings is 3. The summed E-state index contributed by atoms with van der Waals surface area (Å²) in [6.45, 7) is 0. The van der Waals surface area contributed by atoms with Gasteiger partial charge < -0.3 is 5.32 Å².